The number of ether oxygens (including phenoxy) is 1. The molecule has 2 unspecified atom stereocenters. The molecular weight excluding hydrogens is 330 g/mol. The van der Waals surface area contributed by atoms with Gasteiger partial charge in [-0.3, -0.25) is 9.78 Å². The molecule has 1 fully saturated rings. The Balaban J connectivity index is 1.67. The van der Waals surface area contributed by atoms with Gasteiger partial charge in [-0.1, -0.05) is 6.92 Å². The van der Waals surface area contributed by atoms with Crippen LogP contribution in [0.1, 0.15) is 31.9 Å². The lowest BCUT2D eigenvalue weighted by Crippen LogP contribution is -2.34. The number of nitrogens with one attached hydrogen (secondary N) is 2. The summed E-state index contributed by atoms with van der Waals surface area (Å²) in [4.78, 5) is 16.6. The number of pyridine rings is 1. The van der Waals surface area contributed by atoms with Gasteiger partial charge in [-0.05, 0) is 56.8 Å². The average Bonchev–Trinajstić information content (AvgIpc) is 2.90. The van der Waals surface area contributed by atoms with Crippen LogP contribution in [0.2, 0.25) is 0 Å². The summed E-state index contributed by atoms with van der Waals surface area (Å²) in [5.41, 5.74) is 1.35. The summed E-state index contributed by atoms with van der Waals surface area (Å²) in [5, 5.41) is 10.8. The number of carbonyl (C=O) groups is 1. The second kappa shape index (κ2) is 8.31. The van der Waals surface area contributed by atoms with Gasteiger partial charge in [0, 0.05) is 19.7 Å². The molecule has 7 nitrogen and oxygen atoms in total. The minimum atomic E-state index is -0.00444. The van der Waals surface area contributed by atoms with Gasteiger partial charge < -0.3 is 15.4 Å². The Kier molecular flexibility index (Phi) is 5.88. The summed E-state index contributed by atoms with van der Waals surface area (Å²) in [6.45, 7) is 6.09. The molecule has 3 heterocycles. The van der Waals surface area contributed by atoms with Gasteiger partial charge in [0.25, 0.3) is 0 Å². The van der Waals surface area contributed by atoms with Gasteiger partial charge in [0.1, 0.15) is 11.4 Å². The van der Waals surface area contributed by atoms with Crippen molar-refractivity contribution in [3.63, 3.8) is 0 Å². The van der Waals surface area contributed by atoms with Crippen LogP contribution in [0.15, 0.2) is 24.5 Å². The van der Waals surface area contributed by atoms with Crippen LogP contribution in [0.3, 0.4) is 0 Å². The van der Waals surface area contributed by atoms with E-state index in [4.69, 9.17) is 4.74 Å². The number of piperidine rings is 1. The molecule has 7 heteroatoms. The molecule has 1 amide bonds. The SMILES string of the molecule is Cc1nn(C)c(Oc2cccnc2)c1NC(=O)CC(C)C1CCCNC1. The Morgan fingerprint density at radius 1 is 1.54 bits per heavy atom. The number of anilines is 1. The maximum atomic E-state index is 12.6. The lowest BCUT2D eigenvalue weighted by Gasteiger charge is -2.28. The standard InChI is InChI=1S/C19H27N5O2/c1-13(15-6-4-8-20-11-15)10-17(25)22-18-14(2)23-24(3)19(18)26-16-7-5-9-21-12-16/h5,7,9,12-13,15,20H,4,6,8,10-11H2,1-3H3,(H,22,25). The molecule has 140 valence electrons. The molecule has 26 heavy (non-hydrogen) atoms. The van der Waals surface area contributed by atoms with Gasteiger partial charge >= 0.3 is 0 Å². The topological polar surface area (TPSA) is 81.1 Å². The normalized spacial score (nSPS) is 18.3. The molecule has 1 aliphatic heterocycles. The molecule has 0 bridgehead atoms. The molecule has 1 saturated heterocycles. The molecular formula is C19H27N5O2. The van der Waals surface area contributed by atoms with Crippen LogP contribution in [0.5, 0.6) is 11.6 Å². The molecule has 0 saturated carbocycles. The lowest BCUT2D eigenvalue weighted by atomic mass is 9.85. The van der Waals surface area contributed by atoms with Crippen molar-refractivity contribution < 1.29 is 9.53 Å². The molecule has 1 aliphatic rings. The van der Waals surface area contributed by atoms with E-state index >= 15 is 0 Å². The highest BCUT2D eigenvalue weighted by atomic mass is 16.5. The molecule has 0 aromatic carbocycles. The zero-order valence-electron chi connectivity index (χ0n) is 15.7. The van der Waals surface area contributed by atoms with Crippen molar-refractivity contribution in [1.82, 2.24) is 20.1 Å². The first-order chi connectivity index (χ1) is 12.5. The fourth-order valence-corrected chi connectivity index (χ4v) is 3.43. The van der Waals surface area contributed by atoms with Crippen LogP contribution in [0.4, 0.5) is 5.69 Å². The lowest BCUT2D eigenvalue weighted by molar-refractivity contribution is -0.117. The number of aryl methyl sites for hydroxylation is 2. The largest absolute Gasteiger partial charge is 0.436 e. The van der Waals surface area contributed by atoms with Crippen LogP contribution < -0.4 is 15.4 Å². The zero-order valence-corrected chi connectivity index (χ0v) is 15.7. The van der Waals surface area contributed by atoms with E-state index in [0.717, 1.165) is 18.8 Å². The third kappa shape index (κ3) is 4.40. The summed E-state index contributed by atoms with van der Waals surface area (Å²) in [6, 6.07) is 3.62. The summed E-state index contributed by atoms with van der Waals surface area (Å²) in [6.07, 6.45) is 6.18. The molecule has 2 N–H and O–H groups in total. The van der Waals surface area contributed by atoms with Gasteiger partial charge in [0.2, 0.25) is 11.8 Å². The van der Waals surface area contributed by atoms with Crippen LogP contribution >= 0.6 is 0 Å². The Hall–Kier alpha value is -2.41. The predicted octanol–water partition coefficient (Wildman–Crippen LogP) is 2.88. The van der Waals surface area contributed by atoms with Gasteiger partial charge in [-0.25, -0.2) is 4.68 Å². The third-order valence-corrected chi connectivity index (χ3v) is 4.93. The number of aromatic nitrogens is 3. The first-order valence-corrected chi connectivity index (χ1v) is 9.16. The molecule has 3 rings (SSSR count). The fraction of sp³-hybridized carbons (Fsp3) is 0.526. The molecule has 0 spiro atoms. The highest BCUT2D eigenvalue weighted by molar-refractivity contribution is 5.92. The van der Waals surface area contributed by atoms with Gasteiger partial charge in [-0.2, -0.15) is 5.10 Å². The van der Waals surface area contributed by atoms with E-state index in [9.17, 15) is 4.79 Å². The van der Waals surface area contributed by atoms with Crippen molar-refractivity contribution in [3.05, 3.63) is 30.2 Å². The van der Waals surface area contributed by atoms with Crippen molar-refractivity contribution in [2.45, 2.75) is 33.1 Å². The van der Waals surface area contributed by atoms with Gasteiger partial charge in [0.15, 0.2) is 0 Å². The van der Waals surface area contributed by atoms with Crippen molar-refractivity contribution >= 4 is 11.6 Å². The second-order valence-electron chi connectivity index (χ2n) is 7.02. The zero-order chi connectivity index (χ0) is 18.5. The van der Waals surface area contributed by atoms with E-state index < -0.39 is 0 Å². The minimum Gasteiger partial charge on any atom is -0.436 e. The molecule has 0 aliphatic carbocycles. The van der Waals surface area contributed by atoms with E-state index in [1.165, 1.54) is 12.8 Å². The molecule has 2 atom stereocenters. The number of hydrogen-bond acceptors (Lipinski definition) is 5. The summed E-state index contributed by atoms with van der Waals surface area (Å²) >= 11 is 0. The number of nitrogens with zero attached hydrogens (tertiary/aromatic N) is 3. The second-order valence-corrected chi connectivity index (χ2v) is 7.02. The van der Waals surface area contributed by atoms with Gasteiger partial charge in [0.05, 0.1) is 11.9 Å². The fourth-order valence-electron chi connectivity index (χ4n) is 3.43. The van der Waals surface area contributed by atoms with Crippen LogP contribution in [-0.2, 0) is 11.8 Å². The number of carbonyl (C=O) groups excluding carboxylic acids is 1. The van der Waals surface area contributed by atoms with E-state index in [2.05, 4.69) is 27.6 Å². The number of hydrogen-bond donors (Lipinski definition) is 2. The molecule has 0 radical (unpaired) electrons. The van der Waals surface area contributed by atoms with Crippen LogP contribution in [0, 0.1) is 18.8 Å². The van der Waals surface area contributed by atoms with E-state index in [0.29, 0.717) is 35.6 Å². The minimum absolute atomic E-state index is 0.00444. The van der Waals surface area contributed by atoms with Crippen molar-refractivity contribution in [3.8, 4) is 11.6 Å². The quantitative estimate of drug-likeness (QED) is 0.831. The predicted molar refractivity (Wildman–Crippen MR) is 100 cm³/mol. The van der Waals surface area contributed by atoms with E-state index in [1.54, 1.807) is 30.2 Å². The first-order valence-electron chi connectivity index (χ1n) is 9.16. The van der Waals surface area contributed by atoms with Crippen LogP contribution in [0.25, 0.3) is 0 Å². The number of rotatable bonds is 6. The van der Waals surface area contributed by atoms with Crippen LogP contribution in [-0.4, -0.2) is 33.8 Å². The summed E-state index contributed by atoms with van der Waals surface area (Å²) in [5.74, 6) is 2.00. The monoisotopic (exact) mass is 357 g/mol. The summed E-state index contributed by atoms with van der Waals surface area (Å²) < 4.78 is 7.53. The van der Waals surface area contributed by atoms with Gasteiger partial charge in [-0.15, -0.1) is 0 Å². The number of amides is 1. The smallest absolute Gasteiger partial charge is 0.241 e. The average molecular weight is 357 g/mol. The Morgan fingerprint density at radius 3 is 3.08 bits per heavy atom. The highest BCUT2D eigenvalue weighted by Crippen LogP contribution is 2.32. The summed E-state index contributed by atoms with van der Waals surface area (Å²) in [7, 11) is 1.80. The third-order valence-electron chi connectivity index (χ3n) is 4.93. The maximum Gasteiger partial charge on any atom is 0.241 e. The Bertz CT molecular complexity index is 738. The van der Waals surface area contributed by atoms with Crippen molar-refractivity contribution in [1.29, 1.82) is 0 Å². The van der Waals surface area contributed by atoms with Crippen molar-refractivity contribution in [2.75, 3.05) is 18.4 Å². The first kappa shape index (κ1) is 18.4. The maximum absolute atomic E-state index is 12.6. The van der Waals surface area contributed by atoms with E-state index in [-0.39, 0.29) is 5.91 Å². The molecule has 2 aromatic heterocycles. The molecule has 2 aromatic rings. The Labute approximate surface area is 154 Å². The van der Waals surface area contributed by atoms with Crippen molar-refractivity contribution in [2.24, 2.45) is 18.9 Å². The van der Waals surface area contributed by atoms with E-state index in [1.807, 2.05) is 13.0 Å². The highest BCUT2D eigenvalue weighted by Gasteiger charge is 2.24. The Morgan fingerprint density at radius 2 is 2.38 bits per heavy atom.